The Morgan fingerprint density at radius 1 is 0.944 bits per heavy atom. The van der Waals surface area contributed by atoms with E-state index in [1.807, 2.05) is 0 Å². The lowest BCUT2D eigenvalue weighted by Gasteiger charge is -2.11. The van der Waals surface area contributed by atoms with Crippen LogP contribution in [0.3, 0.4) is 0 Å². The molecule has 188 valence electrons. The van der Waals surface area contributed by atoms with Crippen LogP contribution in [0, 0.1) is 29.2 Å². The molecule has 0 saturated heterocycles. The zero-order chi connectivity index (χ0) is 26.5. The molecule has 1 fully saturated rings. The lowest BCUT2D eigenvalue weighted by Crippen LogP contribution is -2.18. The third kappa shape index (κ3) is 4.87. The molecule has 2 atom stereocenters. The van der Waals surface area contributed by atoms with Crippen molar-refractivity contribution in [3.8, 4) is 0 Å². The number of hydrogen-bond acceptors (Lipinski definition) is 3. The van der Waals surface area contributed by atoms with E-state index in [4.69, 9.17) is 40.5 Å². The summed E-state index contributed by atoms with van der Waals surface area (Å²) in [6.07, 6.45) is 0. The van der Waals surface area contributed by atoms with Crippen LogP contribution in [0.4, 0.5) is 34.6 Å². The molecule has 0 radical (unpaired) electrons. The minimum atomic E-state index is -1.60. The first-order valence-electron chi connectivity index (χ1n) is 10.0. The molecule has 2 amide bonds. The fraction of sp³-hybridized carbons (Fsp3) is 0.130. The minimum Gasteiger partial charge on any atom is -0.394 e. The van der Waals surface area contributed by atoms with Crippen molar-refractivity contribution in [3.05, 3.63) is 86.4 Å². The van der Waals surface area contributed by atoms with Gasteiger partial charge in [-0.3, -0.25) is 9.59 Å². The summed E-state index contributed by atoms with van der Waals surface area (Å²) in [6.45, 7) is 0. The Morgan fingerprint density at radius 2 is 1.64 bits per heavy atom. The van der Waals surface area contributed by atoms with Crippen molar-refractivity contribution in [3.63, 3.8) is 0 Å². The first kappa shape index (κ1) is 26.5. The fourth-order valence-electron chi connectivity index (χ4n) is 3.67. The van der Waals surface area contributed by atoms with Crippen molar-refractivity contribution in [2.24, 2.45) is 5.92 Å². The summed E-state index contributed by atoms with van der Waals surface area (Å²) >= 11 is 21.5. The monoisotopic (exact) mass is 623 g/mol. The number of amides is 2. The number of carbonyl (C=O) groups is 2. The van der Waals surface area contributed by atoms with Crippen LogP contribution in [0.1, 0.15) is 21.8 Å². The molecule has 1 saturated carbocycles. The van der Waals surface area contributed by atoms with Gasteiger partial charge in [-0.1, -0.05) is 11.6 Å². The molecule has 4 N–H and O–H groups in total. The summed E-state index contributed by atoms with van der Waals surface area (Å²) in [5.74, 6) is -7.76. The number of anilines is 3. The van der Waals surface area contributed by atoms with Crippen LogP contribution in [-0.4, -0.2) is 16.1 Å². The Labute approximate surface area is 225 Å². The van der Waals surface area contributed by atoms with Gasteiger partial charge < -0.3 is 16.4 Å². The van der Waals surface area contributed by atoms with Crippen LogP contribution < -0.4 is 16.4 Å². The van der Waals surface area contributed by atoms with Gasteiger partial charge in [0.15, 0.2) is 17.5 Å². The van der Waals surface area contributed by atoms with E-state index in [0.29, 0.717) is 0 Å². The van der Waals surface area contributed by atoms with E-state index in [0.717, 1.165) is 18.2 Å². The summed E-state index contributed by atoms with van der Waals surface area (Å²) in [6, 6.07) is 7.98. The smallest absolute Gasteiger partial charge is 0.257 e. The lowest BCUT2D eigenvalue weighted by molar-refractivity contribution is -0.117. The van der Waals surface area contributed by atoms with Gasteiger partial charge in [-0.15, -0.1) is 23.2 Å². The van der Waals surface area contributed by atoms with E-state index in [1.54, 1.807) is 0 Å². The van der Waals surface area contributed by atoms with Crippen molar-refractivity contribution < 1.29 is 27.2 Å². The molecule has 36 heavy (non-hydrogen) atoms. The highest BCUT2D eigenvalue weighted by Gasteiger charge is 2.67. The topological polar surface area (TPSA) is 84.2 Å². The second-order valence-electron chi connectivity index (χ2n) is 7.89. The molecular weight excluding hydrogens is 613 g/mol. The highest BCUT2D eigenvalue weighted by atomic mass is 79.9. The molecule has 0 aromatic heterocycles. The van der Waals surface area contributed by atoms with E-state index in [9.17, 15) is 27.2 Å². The van der Waals surface area contributed by atoms with Crippen LogP contribution in [-0.2, 0) is 4.79 Å². The van der Waals surface area contributed by atoms with E-state index >= 15 is 0 Å². The molecule has 0 spiro atoms. The van der Waals surface area contributed by atoms with Crippen LogP contribution in [0.5, 0.6) is 0 Å². The molecule has 13 heteroatoms. The summed E-state index contributed by atoms with van der Waals surface area (Å²) in [5.41, 5.74) is 4.35. The lowest BCUT2D eigenvalue weighted by atomic mass is 10.1. The molecular formula is C23H13BrCl3F4N3O2. The second-order valence-corrected chi connectivity index (χ2v) is 10.6. The maximum Gasteiger partial charge on any atom is 0.257 e. The van der Waals surface area contributed by atoms with E-state index < -0.39 is 56.9 Å². The summed E-state index contributed by atoms with van der Waals surface area (Å²) in [7, 11) is 0. The SMILES string of the molecule is Nc1c(F)ccc(NC(=O)c2cc(NC(=O)[C@H]3[C@@H](c4cc(F)c(F)c(Br)c4)C3(Cl)Cl)ccc2Cl)c1F. The largest absolute Gasteiger partial charge is 0.394 e. The number of benzene rings is 3. The Morgan fingerprint density at radius 3 is 2.31 bits per heavy atom. The molecule has 5 nitrogen and oxygen atoms in total. The zero-order valence-corrected chi connectivity index (χ0v) is 21.5. The summed E-state index contributed by atoms with van der Waals surface area (Å²) in [5, 5.41) is 4.75. The average molecular weight is 626 g/mol. The summed E-state index contributed by atoms with van der Waals surface area (Å²) in [4.78, 5) is 25.6. The first-order valence-corrected chi connectivity index (χ1v) is 11.9. The van der Waals surface area contributed by atoms with Crippen LogP contribution in [0.25, 0.3) is 0 Å². The van der Waals surface area contributed by atoms with Crippen LogP contribution >= 0.6 is 50.7 Å². The van der Waals surface area contributed by atoms with E-state index in [-0.39, 0.29) is 32.0 Å². The molecule has 3 aromatic rings. The molecule has 3 aromatic carbocycles. The molecule has 0 bridgehead atoms. The van der Waals surface area contributed by atoms with Crippen LogP contribution in [0.2, 0.25) is 5.02 Å². The summed E-state index contributed by atoms with van der Waals surface area (Å²) < 4.78 is 53.3. The molecule has 4 rings (SSSR count). The molecule has 0 unspecified atom stereocenters. The van der Waals surface area contributed by atoms with E-state index in [1.165, 1.54) is 24.3 Å². The highest BCUT2D eigenvalue weighted by molar-refractivity contribution is 9.10. The van der Waals surface area contributed by atoms with Crippen molar-refractivity contribution >= 4 is 79.6 Å². The maximum atomic E-state index is 14.2. The maximum absolute atomic E-state index is 14.2. The quantitative estimate of drug-likeness (QED) is 0.123. The number of hydrogen-bond donors (Lipinski definition) is 3. The molecule has 1 aliphatic carbocycles. The van der Waals surface area contributed by atoms with Crippen molar-refractivity contribution in [2.75, 3.05) is 16.4 Å². The van der Waals surface area contributed by atoms with Gasteiger partial charge in [0.1, 0.15) is 15.8 Å². The van der Waals surface area contributed by atoms with Gasteiger partial charge >= 0.3 is 0 Å². The average Bonchev–Trinajstić information content (AvgIpc) is 3.40. The Balaban J connectivity index is 1.53. The number of rotatable bonds is 5. The number of carbonyl (C=O) groups excluding carboxylic acids is 2. The predicted molar refractivity (Wildman–Crippen MR) is 134 cm³/mol. The van der Waals surface area contributed by atoms with Gasteiger partial charge in [0.2, 0.25) is 5.91 Å². The van der Waals surface area contributed by atoms with Crippen molar-refractivity contribution in [1.82, 2.24) is 0 Å². The Kier molecular flexibility index (Phi) is 7.18. The second kappa shape index (κ2) is 9.74. The number of nitrogen functional groups attached to an aromatic ring is 1. The van der Waals surface area contributed by atoms with Gasteiger partial charge in [0, 0.05) is 11.6 Å². The van der Waals surface area contributed by atoms with Crippen molar-refractivity contribution in [1.29, 1.82) is 0 Å². The Hall–Kier alpha value is -2.53. The van der Waals surface area contributed by atoms with Gasteiger partial charge in [-0.05, 0) is 64.0 Å². The zero-order valence-electron chi connectivity index (χ0n) is 17.6. The van der Waals surface area contributed by atoms with Gasteiger partial charge in [0.25, 0.3) is 5.91 Å². The highest BCUT2D eigenvalue weighted by Crippen LogP contribution is 2.65. The van der Waals surface area contributed by atoms with Gasteiger partial charge in [0.05, 0.1) is 26.7 Å². The first-order chi connectivity index (χ1) is 16.8. The predicted octanol–water partition coefficient (Wildman–Crippen LogP) is 7.02. The van der Waals surface area contributed by atoms with E-state index in [2.05, 4.69) is 26.6 Å². The van der Waals surface area contributed by atoms with Gasteiger partial charge in [-0.25, -0.2) is 17.6 Å². The number of alkyl halides is 2. The fourth-order valence-corrected chi connectivity index (χ4v) is 5.16. The third-order valence-electron chi connectivity index (χ3n) is 5.55. The molecule has 0 heterocycles. The third-order valence-corrected chi connectivity index (χ3v) is 7.40. The van der Waals surface area contributed by atoms with Crippen molar-refractivity contribution in [2.45, 2.75) is 10.3 Å². The number of nitrogens with two attached hydrogens (primary N) is 1. The normalized spacial score (nSPS) is 18.0. The minimum absolute atomic E-state index is 0.0269. The standard InChI is InChI=1S/C23H13BrCl3F4N3O2/c24-11-5-8(6-14(29)18(11)30)16-17(23(16,26)27)22(36)33-9-1-2-12(25)10(7-9)21(35)34-15-4-3-13(28)20(32)19(15)31/h1-7,16-17H,32H2,(H,33,36)(H,34,35)/t16-,17-/m1/s1. The number of halogens is 8. The molecule has 1 aliphatic rings. The number of nitrogens with one attached hydrogen (secondary N) is 2. The molecule has 0 aliphatic heterocycles. The van der Waals surface area contributed by atoms with Gasteiger partial charge in [-0.2, -0.15) is 0 Å². The Bertz CT molecular complexity index is 1400. The van der Waals surface area contributed by atoms with Crippen LogP contribution in [0.15, 0.2) is 46.9 Å².